The third-order valence-electron chi connectivity index (χ3n) is 5.96. The van der Waals surface area contributed by atoms with Crippen LogP contribution in [-0.4, -0.2) is 54.6 Å². The van der Waals surface area contributed by atoms with Crippen LogP contribution in [0.1, 0.15) is 30.8 Å². The van der Waals surface area contributed by atoms with Crippen LogP contribution in [0.5, 0.6) is 0 Å². The first-order chi connectivity index (χ1) is 14.7. The molecule has 4 aromatic rings. The largest absolute Gasteiger partial charge is 0.340 e. The van der Waals surface area contributed by atoms with Crippen molar-refractivity contribution in [3.63, 3.8) is 0 Å². The van der Waals surface area contributed by atoms with Crippen molar-refractivity contribution in [1.29, 1.82) is 0 Å². The number of nitrogens with one attached hydrogen (secondary N) is 1. The smallest absolute Gasteiger partial charge is 0.155 e. The first kappa shape index (κ1) is 18.9. The second-order valence-electron chi connectivity index (χ2n) is 8.36. The number of likely N-dealkylation sites (tertiary alicyclic amines) is 1. The highest BCUT2D eigenvalue weighted by molar-refractivity contribution is 5.78. The van der Waals surface area contributed by atoms with E-state index in [1.165, 1.54) is 25.9 Å². The van der Waals surface area contributed by atoms with Gasteiger partial charge in [0.05, 0.1) is 17.1 Å². The van der Waals surface area contributed by atoms with E-state index in [0.29, 0.717) is 0 Å². The molecule has 5 rings (SSSR count). The van der Waals surface area contributed by atoms with Gasteiger partial charge in [-0.05, 0) is 70.0 Å². The zero-order chi connectivity index (χ0) is 20.5. The van der Waals surface area contributed by atoms with Gasteiger partial charge in [0.1, 0.15) is 12.2 Å². The molecule has 0 amide bonds. The van der Waals surface area contributed by atoms with E-state index in [-0.39, 0.29) is 0 Å². The van der Waals surface area contributed by atoms with Gasteiger partial charge in [-0.1, -0.05) is 6.07 Å². The summed E-state index contributed by atoms with van der Waals surface area (Å²) in [6.07, 6.45) is 8.21. The van der Waals surface area contributed by atoms with Crippen molar-refractivity contribution in [2.45, 2.75) is 32.6 Å². The summed E-state index contributed by atoms with van der Waals surface area (Å²) in [6.45, 7) is 4.42. The molecule has 1 fully saturated rings. The summed E-state index contributed by atoms with van der Waals surface area (Å²) in [5, 5.41) is 4.20. The van der Waals surface area contributed by atoms with E-state index < -0.39 is 0 Å². The standard InChI is InChI=1S/C23H27N7/c1-16-5-3-7-19(26-16)23-22(18-10-12-30-21(13-18)24-15-25-30)27-20(28-23)9-8-17-6-4-11-29(2)14-17/h3,5,7,10,12-13,15,17H,4,6,8-9,11,14H2,1-2H3,(H,27,28). The number of pyridine rings is 2. The number of hydrogen-bond donors (Lipinski definition) is 1. The van der Waals surface area contributed by atoms with Gasteiger partial charge in [-0.25, -0.2) is 14.5 Å². The average molecular weight is 402 g/mol. The van der Waals surface area contributed by atoms with Crippen LogP contribution in [-0.2, 0) is 6.42 Å². The fourth-order valence-corrected chi connectivity index (χ4v) is 4.43. The van der Waals surface area contributed by atoms with E-state index in [9.17, 15) is 0 Å². The molecule has 0 aliphatic carbocycles. The number of piperidine rings is 1. The molecule has 1 aliphatic rings. The number of aromatic amines is 1. The quantitative estimate of drug-likeness (QED) is 0.551. The molecule has 7 heteroatoms. The summed E-state index contributed by atoms with van der Waals surface area (Å²) in [5.41, 5.74) is 5.64. The van der Waals surface area contributed by atoms with Crippen LogP contribution in [0.3, 0.4) is 0 Å². The number of aromatic nitrogens is 6. The van der Waals surface area contributed by atoms with Gasteiger partial charge >= 0.3 is 0 Å². The molecule has 7 nitrogen and oxygen atoms in total. The molecule has 0 spiro atoms. The lowest BCUT2D eigenvalue weighted by atomic mass is 9.94. The van der Waals surface area contributed by atoms with Gasteiger partial charge in [-0.15, -0.1) is 0 Å². The second-order valence-corrected chi connectivity index (χ2v) is 8.36. The van der Waals surface area contributed by atoms with Crippen molar-refractivity contribution in [1.82, 2.24) is 34.4 Å². The lowest BCUT2D eigenvalue weighted by molar-refractivity contribution is 0.202. The van der Waals surface area contributed by atoms with Crippen LogP contribution in [0, 0.1) is 12.8 Å². The minimum Gasteiger partial charge on any atom is -0.340 e. The minimum atomic E-state index is 0.741. The Kier molecular flexibility index (Phi) is 5.04. The fraction of sp³-hybridized carbons (Fsp3) is 0.391. The van der Waals surface area contributed by atoms with Crippen molar-refractivity contribution >= 4 is 5.65 Å². The Bertz CT molecular complexity index is 1160. The minimum absolute atomic E-state index is 0.741. The van der Waals surface area contributed by atoms with Crippen molar-refractivity contribution in [2.75, 3.05) is 20.1 Å². The Morgan fingerprint density at radius 2 is 2.13 bits per heavy atom. The molecule has 0 bridgehead atoms. The SMILES string of the molecule is Cc1cccc(-c2[nH]c(CCC3CCCN(C)C3)nc2-c2ccn3ncnc3c2)n1. The van der Waals surface area contributed by atoms with Gasteiger partial charge < -0.3 is 9.88 Å². The van der Waals surface area contributed by atoms with Crippen LogP contribution in [0.4, 0.5) is 0 Å². The number of nitrogens with zero attached hydrogens (tertiary/aromatic N) is 6. The number of H-pyrrole nitrogens is 1. The molecule has 0 aromatic carbocycles. The van der Waals surface area contributed by atoms with E-state index in [4.69, 9.17) is 9.97 Å². The Morgan fingerprint density at radius 3 is 3.00 bits per heavy atom. The molecule has 1 aliphatic heterocycles. The summed E-state index contributed by atoms with van der Waals surface area (Å²) >= 11 is 0. The fourth-order valence-electron chi connectivity index (χ4n) is 4.43. The van der Waals surface area contributed by atoms with Crippen molar-refractivity contribution in [2.24, 2.45) is 5.92 Å². The van der Waals surface area contributed by atoms with Crippen molar-refractivity contribution < 1.29 is 0 Å². The monoisotopic (exact) mass is 401 g/mol. The Labute approximate surface area is 176 Å². The Balaban J connectivity index is 1.49. The van der Waals surface area contributed by atoms with Gasteiger partial charge in [0.25, 0.3) is 0 Å². The van der Waals surface area contributed by atoms with E-state index in [2.05, 4.69) is 27.0 Å². The van der Waals surface area contributed by atoms with Gasteiger partial charge in [0.2, 0.25) is 0 Å². The second kappa shape index (κ2) is 7.99. The normalized spacial score (nSPS) is 17.6. The highest BCUT2D eigenvalue weighted by Gasteiger charge is 2.20. The molecule has 154 valence electrons. The van der Waals surface area contributed by atoms with Crippen LogP contribution < -0.4 is 0 Å². The predicted octanol–water partition coefficient (Wildman–Crippen LogP) is 3.76. The number of imidazole rings is 1. The summed E-state index contributed by atoms with van der Waals surface area (Å²) in [4.78, 5) is 20.1. The molecule has 5 heterocycles. The maximum Gasteiger partial charge on any atom is 0.155 e. The highest BCUT2D eigenvalue weighted by atomic mass is 15.3. The maximum atomic E-state index is 5.01. The molecule has 1 unspecified atom stereocenters. The molecule has 0 saturated carbocycles. The van der Waals surface area contributed by atoms with Crippen LogP contribution in [0.2, 0.25) is 0 Å². The van der Waals surface area contributed by atoms with E-state index in [1.54, 1.807) is 10.8 Å². The number of hydrogen-bond acceptors (Lipinski definition) is 5. The number of rotatable bonds is 5. The Morgan fingerprint density at radius 1 is 1.20 bits per heavy atom. The summed E-state index contributed by atoms with van der Waals surface area (Å²) in [6, 6.07) is 10.2. The highest BCUT2D eigenvalue weighted by Crippen LogP contribution is 2.30. The Hall–Kier alpha value is -3.06. The third kappa shape index (κ3) is 3.85. The van der Waals surface area contributed by atoms with E-state index in [0.717, 1.165) is 58.6 Å². The van der Waals surface area contributed by atoms with Crippen LogP contribution in [0.15, 0.2) is 42.9 Å². The summed E-state index contributed by atoms with van der Waals surface area (Å²) in [7, 11) is 2.22. The lowest BCUT2D eigenvalue weighted by Crippen LogP contribution is -2.32. The molecule has 30 heavy (non-hydrogen) atoms. The summed E-state index contributed by atoms with van der Waals surface area (Å²) < 4.78 is 1.77. The topological polar surface area (TPSA) is 75.0 Å². The average Bonchev–Trinajstić information content (AvgIpc) is 3.39. The first-order valence-electron chi connectivity index (χ1n) is 10.7. The number of aryl methyl sites for hydroxylation is 2. The predicted molar refractivity (Wildman–Crippen MR) is 117 cm³/mol. The zero-order valence-corrected chi connectivity index (χ0v) is 17.5. The third-order valence-corrected chi connectivity index (χ3v) is 5.96. The number of fused-ring (bicyclic) bond motifs is 1. The van der Waals surface area contributed by atoms with Crippen molar-refractivity contribution in [3.8, 4) is 22.6 Å². The molecule has 1 N–H and O–H groups in total. The van der Waals surface area contributed by atoms with Gasteiger partial charge in [0, 0.05) is 30.4 Å². The van der Waals surface area contributed by atoms with Crippen molar-refractivity contribution in [3.05, 3.63) is 54.4 Å². The molecule has 4 aromatic heterocycles. The van der Waals surface area contributed by atoms with Gasteiger partial charge in [0.15, 0.2) is 5.65 Å². The lowest BCUT2D eigenvalue weighted by Gasteiger charge is -2.29. The first-order valence-corrected chi connectivity index (χ1v) is 10.7. The van der Waals surface area contributed by atoms with Crippen LogP contribution in [0.25, 0.3) is 28.3 Å². The van der Waals surface area contributed by atoms with E-state index >= 15 is 0 Å². The molecular weight excluding hydrogens is 374 g/mol. The van der Waals surface area contributed by atoms with E-state index in [1.807, 2.05) is 43.5 Å². The molecular formula is C23H27N7. The maximum absolute atomic E-state index is 5.01. The summed E-state index contributed by atoms with van der Waals surface area (Å²) in [5.74, 6) is 1.77. The molecule has 0 radical (unpaired) electrons. The van der Waals surface area contributed by atoms with Gasteiger partial charge in [-0.3, -0.25) is 4.98 Å². The van der Waals surface area contributed by atoms with Crippen LogP contribution >= 0.6 is 0 Å². The van der Waals surface area contributed by atoms with Gasteiger partial charge in [-0.2, -0.15) is 5.10 Å². The molecule has 1 saturated heterocycles. The zero-order valence-electron chi connectivity index (χ0n) is 17.5. The molecule has 1 atom stereocenters.